The quantitative estimate of drug-likeness (QED) is 0.486. The zero-order valence-corrected chi connectivity index (χ0v) is 15.2. The van der Waals surface area contributed by atoms with Crippen molar-refractivity contribution < 1.29 is 14.8 Å². The van der Waals surface area contributed by atoms with Gasteiger partial charge in [0.15, 0.2) is 0 Å². The number of fused-ring (bicyclic) bond motifs is 2. The van der Waals surface area contributed by atoms with Gasteiger partial charge < -0.3 is 15.0 Å². The summed E-state index contributed by atoms with van der Waals surface area (Å²) in [7, 11) is 0. The molecule has 0 bridgehead atoms. The average molecular weight is 344 g/mol. The molecule has 4 rings (SSSR count). The van der Waals surface area contributed by atoms with E-state index in [1.54, 1.807) is 6.33 Å². The molecule has 2 heterocycles. The Morgan fingerprint density at radius 2 is 2.40 bits per heavy atom. The lowest BCUT2D eigenvalue weighted by molar-refractivity contribution is -0.658. The van der Waals surface area contributed by atoms with Gasteiger partial charge in [-0.25, -0.2) is 4.98 Å². The SMILES string of the molecule is C=C1CCC[C@]2(C)C[C@H]3OC(=O)[C@H](C[NH2+]CCc4cnc[nH]4)[C@H]3C[C@H]12. The van der Waals surface area contributed by atoms with E-state index in [4.69, 9.17) is 4.74 Å². The molecule has 25 heavy (non-hydrogen) atoms. The molecule has 1 aromatic heterocycles. The molecule has 1 aromatic rings. The van der Waals surface area contributed by atoms with Gasteiger partial charge in [-0.2, -0.15) is 0 Å². The molecule has 0 amide bonds. The van der Waals surface area contributed by atoms with Crippen LogP contribution < -0.4 is 5.32 Å². The first-order valence-corrected chi connectivity index (χ1v) is 9.74. The highest BCUT2D eigenvalue weighted by molar-refractivity contribution is 5.75. The van der Waals surface area contributed by atoms with E-state index in [0.29, 0.717) is 11.8 Å². The number of imidazole rings is 1. The first-order valence-electron chi connectivity index (χ1n) is 9.74. The summed E-state index contributed by atoms with van der Waals surface area (Å²) in [5.41, 5.74) is 2.85. The Kier molecular flexibility index (Phi) is 4.44. The molecule has 1 aliphatic heterocycles. The number of carbonyl (C=O) groups is 1. The van der Waals surface area contributed by atoms with E-state index >= 15 is 0 Å². The van der Waals surface area contributed by atoms with Crippen LogP contribution in [0.3, 0.4) is 0 Å². The predicted molar refractivity (Wildman–Crippen MR) is 94.6 cm³/mol. The monoisotopic (exact) mass is 344 g/mol. The molecule has 3 fully saturated rings. The van der Waals surface area contributed by atoms with Crippen LogP contribution in [-0.2, 0) is 16.0 Å². The second kappa shape index (κ2) is 6.60. The van der Waals surface area contributed by atoms with Crippen LogP contribution in [-0.4, -0.2) is 35.1 Å². The van der Waals surface area contributed by atoms with Gasteiger partial charge in [0.2, 0.25) is 0 Å². The maximum Gasteiger partial charge on any atom is 0.315 e. The van der Waals surface area contributed by atoms with Crippen molar-refractivity contribution in [3.05, 3.63) is 30.4 Å². The van der Waals surface area contributed by atoms with Gasteiger partial charge in [-0.3, -0.25) is 4.79 Å². The largest absolute Gasteiger partial charge is 0.462 e. The zero-order chi connectivity index (χ0) is 17.4. The standard InChI is InChI=1S/C20H29N3O2/c1-13-4-3-6-20(2)9-18-15(8-17(13)20)16(19(24)25-18)11-21-7-5-14-10-22-12-23-14/h10,12,15-18,21H,1,3-9,11H2,2H3,(H,22,23)/p+1/t15-,16-,17-,18-,20-/m1/s1. The third-order valence-electron chi connectivity index (χ3n) is 6.91. The zero-order valence-electron chi connectivity index (χ0n) is 15.2. The first kappa shape index (κ1) is 16.8. The van der Waals surface area contributed by atoms with E-state index in [9.17, 15) is 4.79 Å². The number of nitrogens with zero attached hydrogens (tertiary/aromatic N) is 1. The van der Waals surface area contributed by atoms with Crippen LogP contribution in [0.1, 0.15) is 44.7 Å². The topological polar surface area (TPSA) is 71.6 Å². The molecule has 3 aliphatic rings. The molecule has 2 saturated carbocycles. The lowest BCUT2D eigenvalue weighted by atomic mass is 9.55. The Morgan fingerprint density at radius 1 is 1.52 bits per heavy atom. The van der Waals surface area contributed by atoms with Crippen molar-refractivity contribution in [2.75, 3.05) is 13.1 Å². The molecule has 0 spiro atoms. The maximum atomic E-state index is 12.5. The molecular formula is C20H30N3O2+. The van der Waals surface area contributed by atoms with Gasteiger partial charge >= 0.3 is 5.97 Å². The minimum absolute atomic E-state index is 0.0284. The van der Waals surface area contributed by atoms with Gasteiger partial charge in [0.25, 0.3) is 0 Å². The van der Waals surface area contributed by atoms with E-state index in [-0.39, 0.29) is 23.4 Å². The van der Waals surface area contributed by atoms with Gasteiger partial charge in [-0.1, -0.05) is 19.1 Å². The van der Waals surface area contributed by atoms with Crippen LogP contribution in [0.4, 0.5) is 0 Å². The summed E-state index contributed by atoms with van der Waals surface area (Å²) in [6, 6.07) is 0. The van der Waals surface area contributed by atoms with E-state index in [1.807, 2.05) is 6.20 Å². The Bertz CT molecular complexity index is 641. The van der Waals surface area contributed by atoms with Gasteiger partial charge in [-0.15, -0.1) is 0 Å². The van der Waals surface area contributed by atoms with Crippen LogP contribution in [0, 0.1) is 23.2 Å². The van der Waals surface area contributed by atoms with Crippen LogP contribution in [0.2, 0.25) is 0 Å². The Hall–Kier alpha value is -1.62. The number of H-pyrrole nitrogens is 1. The van der Waals surface area contributed by atoms with Crippen LogP contribution in [0.25, 0.3) is 0 Å². The lowest BCUT2D eigenvalue weighted by Crippen LogP contribution is -2.86. The Morgan fingerprint density at radius 3 is 3.20 bits per heavy atom. The highest BCUT2D eigenvalue weighted by atomic mass is 16.6. The Balaban J connectivity index is 1.37. The summed E-state index contributed by atoms with van der Waals surface area (Å²) in [5.74, 6) is 1.03. The number of ether oxygens (including phenoxy) is 1. The highest BCUT2D eigenvalue weighted by Gasteiger charge is 2.55. The summed E-state index contributed by atoms with van der Waals surface area (Å²) in [4.78, 5) is 19.6. The molecule has 0 radical (unpaired) electrons. The molecule has 1 saturated heterocycles. The summed E-state index contributed by atoms with van der Waals surface area (Å²) < 4.78 is 5.83. The number of aromatic amines is 1. The smallest absolute Gasteiger partial charge is 0.315 e. The highest BCUT2D eigenvalue weighted by Crippen LogP contribution is 2.56. The van der Waals surface area contributed by atoms with Crippen molar-refractivity contribution in [2.45, 2.75) is 51.6 Å². The molecule has 5 heteroatoms. The number of hydrogen-bond donors (Lipinski definition) is 2. The lowest BCUT2D eigenvalue weighted by Gasteiger charge is -2.49. The first-order chi connectivity index (χ1) is 12.1. The fraction of sp³-hybridized carbons (Fsp3) is 0.700. The molecule has 0 unspecified atom stereocenters. The summed E-state index contributed by atoms with van der Waals surface area (Å²) in [5, 5.41) is 2.26. The van der Waals surface area contributed by atoms with Gasteiger partial charge in [0.05, 0.1) is 19.4 Å². The molecular weight excluding hydrogens is 314 g/mol. The third-order valence-corrected chi connectivity index (χ3v) is 6.91. The number of carbonyl (C=O) groups excluding carboxylic acids is 1. The number of nitrogens with two attached hydrogens (primary N) is 1. The maximum absolute atomic E-state index is 12.5. The number of allylic oxidation sites excluding steroid dienone is 1. The molecule has 5 atom stereocenters. The Labute approximate surface area is 149 Å². The summed E-state index contributed by atoms with van der Waals surface area (Å²) in [6.07, 6.45) is 10.4. The van der Waals surface area contributed by atoms with Crippen molar-refractivity contribution in [1.82, 2.24) is 9.97 Å². The minimum atomic E-state index is 0.0284. The van der Waals surface area contributed by atoms with Crippen molar-refractivity contribution in [3.63, 3.8) is 0 Å². The normalized spacial score (nSPS) is 37.5. The van der Waals surface area contributed by atoms with E-state index in [1.165, 1.54) is 18.4 Å². The molecule has 3 N–H and O–H groups in total. The number of nitrogens with one attached hydrogen (secondary N) is 1. The van der Waals surface area contributed by atoms with Gasteiger partial charge in [0.1, 0.15) is 12.0 Å². The molecule has 5 nitrogen and oxygen atoms in total. The van der Waals surface area contributed by atoms with Crippen LogP contribution in [0.5, 0.6) is 0 Å². The minimum Gasteiger partial charge on any atom is -0.462 e. The molecule has 136 valence electrons. The second-order valence-corrected chi connectivity index (χ2v) is 8.54. The number of quaternary nitrogens is 1. The molecule has 0 aromatic carbocycles. The predicted octanol–water partition coefficient (Wildman–Crippen LogP) is 1.83. The van der Waals surface area contributed by atoms with Crippen LogP contribution >= 0.6 is 0 Å². The van der Waals surface area contributed by atoms with E-state index < -0.39 is 0 Å². The number of aromatic nitrogens is 2. The fourth-order valence-electron chi connectivity index (χ4n) is 5.50. The van der Waals surface area contributed by atoms with Crippen molar-refractivity contribution in [2.24, 2.45) is 23.2 Å². The average Bonchev–Trinajstić information content (AvgIpc) is 3.17. The van der Waals surface area contributed by atoms with Crippen LogP contribution in [0.15, 0.2) is 24.7 Å². The van der Waals surface area contributed by atoms with Crippen molar-refractivity contribution in [1.29, 1.82) is 0 Å². The van der Waals surface area contributed by atoms with Gasteiger partial charge in [0, 0.05) is 24.2 Å². The van der Waals surface area contributed by atoms with E-state index in [2.05, 4.69) is 28.8 Å². The number of rotatable bonds is 5. The second-order valence-electron chi connectivity index (χ2n) is 8.54. The summed E-state index contributed by atoms with van der Waals surface area (Å²) in [6.45, 7) is 8.55. The number of esters is 1. The fourth-order valence-corrected chi connectivity index (χ4v) is 5.50. The molecule has 2 aliphatic carbocycles. The van der Waals surface area contributed by atoms with Crippen molar-refractivity contribution in [3.8, 4) is 0 Å². The third kappa shape index (κ3) is 3.14. The van der Waals surface area contributed by atoms with E-state index in [0.717, 1.165) is 44.5 Å². The summed E-state index contributed by atoms with van der Waals surface area (Å²) >= 11 is 0. The van der Waals surface area contributed by atoms with Gasteiger partial charge in [-0.05, 0) is 43.4 Å². The number of hydrogen-bond acceptors (Lipinski definition) is 3. The van der Waals surface area contributed by atoms with Crippen molar-refractivity contribution >= 4 is 5.97 Å².